The van der Waals surface area contributed by atoms with Gasteiger partial charge in [0.1, 0.15) is 0 Å². The van der Waals surface area contributed by atoms with E-state index in [1.165, 1.54) is 4.31 Å². The Labute approximate surface area is 155 Å². The smallest absolute Gasteiger partial charge is 0.308 e. The maximum atomic E-state index is 13.0. The summed E-state index contributed by atoms with van der Waals surface area (Å²) in [7, 11) is -3.63. The first-order valence-electron chi connectivity index (χ1n) is 8.84. The molecular weight excluding hydrogens is 374 g/mol. The van der Waals surface area contributed by atoms with Crippen molar-refractivity contribution in [3.8, 4) is 0 Å². The van der Waals surface area contributed by atoms with Gasteiger partial charge in [-0.1, -0.05) is 11.3 Å². The number of hydrogen-bond acceptors (Lipinski definition) is 5. The Morgan fingerprint density at radius 3 is 2.50 bits per heavy atom. The number of carbonyl (C=O) groups is 1. The predicted octanol–water partition coefficient (Wildman–Crippen LogP) is 1.33. The highest BCUT2D eigenvalue weighted by Gasteiger charge is 2.36. The second-order valence-corrected chi connectivity index (χ2v) is 9.68. The molecule has 0 radical (unpaired) electrons. The van der Waals surface area contributed by atoms with Gasteiger partial charge in [-0.05, 0) is 38.0 Å². The van der Waals surface area contributed by atoms with Crippen LogP contribution in [-0.4, -0.2) is 54.3 Å². The summed E-state index contributed by atoms with van der Waals surface area (Å²) in [5.41, 5.74) is 0.765. The van der Waals surface area contributed by atoms with Gasteiger partial charge in [-0.3, -0.25) is 14.2 Å². The number of fused-ring (bicyclic) bond motifs is 1. The van der Waals surface area contributed by atoms with Crippen LogP contribution in [0, 0.1) is 5.92 Å². The quantitative estimate of drug-likeness (QED) is 0.782. The Morgan fingerprint density at radius 1 is 1.19 bits per heavy atom. The minimum atomic E-state index is -3.63. The maximum absolute atomic E-state index is 13.0. The summed E-state index contributed by atoms with van der Waals surface area (Å²) < 4.78 is 29.7. The minimum absolute atomic E-state index is 0.0794. The monoisotopic (exact) mass is 395 g/mol. The number of nitrogens with zero attached hydrogens (tertiary/aromatic N) is 3. The van der Waals surface area contributed by atoms with E-state index in [2.05, 4.69) is 0 Å². The fourth-order valence-electron chi connectivity index (χ4n) is 3.39. The molecule has 1 saturated heterocycles. The zero-order valence-electron chi connectivity index (χ0n) is 14.6. The van der Waals surface area contributed by atoms with E-state index in [1.54, 1.807) is 27.7 Å². The number of carbonyl (C=O) groups excluding carboxylic acids is 1. The van der Waals surface area contributed by atoms with Gasteiger partial charge in [-0.2, -0.15) is 4.31 Å². The first-order valence-corrected chi connectivity index (χ1v) is 11.1. The number of benzene rings is 1. The molecule has 0 N–H and O–H groups in total. The van der Waals surface area contributed by atoms with Crippen molar-refractivity contribution in [3.63, 3.8) is 0 Å². The summed E-state index contributed by atoms with van der Waals surface area (Å²) in [5, 5.41) is 0. The first-order chi connectivity index (χ1) is 12.4. The fourth-order valence-corrected chi connectivity index (χ4v) is 5.91. The minimum Gasteiger partial charge on any atom is -0.340 e. The molecule has 1 aromatic heterocycles. The molecule has 26 heavy (non-hydrogen) atoms. The van der Waals surface area contributed by atoms with Crippen LogP contribution in [0.4, 0.5) is 0 Å². The van der Waals surface area contributed by atoms with E-state index < -0.39 is 10.0 Å². The van der Waals surface area contributed by atoms with Crippen molar-refractivity contribution < 1.29 is 13.2 Å². The number of piperazine rings is 1. The van der Waals surface area contributed by atoms with Gasteiger partial charge in [0.25, 0.3) is 0 Å². The lowest BCUT2D eigenvalue weighted by molar-refractivity contribution is -0.133. The van der Waals surface area contributed by atoms with Gasteiger partial charge in [-0.15, -0.1) is 0 Å². The van der Waals surface area contributed by atoms with Gasteiger partial charge < -0.3 is 4.90 Å². The van der Waals surface area contributed by atoms with E-state index in [4.69, 9.17) is 0 Å². The van der Waals surface area contributed by atoms with Crippen molar-refractivity contribution in [2.24, 2.45) is 5.92 Å². The molecule has 7 nitrogen and oxygen atoms in total. The fraction of sp³-hybridized carbons (Fsp3) is 0.529. The Hall–Kier alpha value is -1.71. The van der Waals surface area contributed by atoms with Crippen LogP contribution in [0.25, 0.3) is 10.2 Å². The van der Waals surface area contributed by atoms with Crippen molar-refractivity contribution in [2.45, 2.75) is 31.2 Å². The largest absolute Gasteiger partial charge is 0.340 e. The molecule has 2 fully saturated rings. The third kappa shape index (κ3) is 2.97. The Bertz CT molecular complexity index is 1010. The lowest BCUT2D eigenvalue weighted by Crippen LogP contribution is -2.50. The molecule has 1 aliphatic heterocycles. The van der Waals surface area contributed by atoms with Crippen LogP contribution in [0.2, 0.25) is 0 Å². The Kier molecular flexibility index (Phi) is 4.40. The number of aromatic nitrogens is 1. The van der Waals surface area contributed by atoms with Gasteiger partial charge >= 0.3 is 4.87 Å². The Balaban J connectivity index is 1.56. The molecule has 1 amide bonds. The van der Waals surface area contributed by atoms with Crippen LogP contribution in [0.3, 0.4) is 0 Å². The average Bonchev–Trinajstić information content (AvgIpc) is 3.43. The van der Waals surface area contributed by atoms with Crippen LogP contribution in [0.15, 0.2) is 27.9 Å². The van der Waals surface area contributed by atoms with Crippen molar-refractivity contribution in [1.82, 2.24) is 13.8 Å². The van der Waals surface area contributed by atoms with Crippen molar-refractivity contribution in [2.75, 3.05) is 26.2 Å². The number of thiazole rings is 1. The van der Waals surface area contributed by atoms with E-state index in [1.807, 2.05) is 6.92 Å². The normalized spacial score (nSPS) is 19.2. The van der Waals surface area contributed by atoms with Gasteiger partial charge in [0.05, 0.1) is 15.1 Å². The number of hydrogen-bond donors (Lipinski definition) is 0. The second kappa shape index (κ2) is 6.47. The zero-order chi connectivity index (χ0) is 18.5. The molecule has 2 heterocycles. The number of rotatable bonds is 4. The van der Waals surface area contributed by atoms with Crippen LogP contribution in [-0.2, 0) is 21.4 Å². The predicted molar refractivity (Wildman–Crippen MR) is 99.8 cm³/mol. The maximum Gasteiger partial charge on any atom is 0.308 e. The van der Waals surface area contributed by atoms with E-state index in [-0.39, 0.29) is 21.6 Å². The van der Waals surface area contributed by atoms with E-state index in [9.17, 15) is 18.0 Å². The van der Waals surface area contributed by atoms with Crippen LogP contribution < -0.4 is 4.87 Å². The topological polar surface area (TPSA) is 79.7 Å². The highest BCUT2D eigenvalue weighted by molar-refractivity contribution is 7.89. The van der Waals surface area contributed by atoms with E-state index >= 15 is 0 Å². The molecule has 9 heteroatoms. The van der Waals surface area contributed by atoms with Gasteiger partial charge in [0.2, 0.25) is 15.9 Å². The van der Waals surface area contributed by atoms with Crippen molar-refractivity contribution in [1.29, 1.82) is 0 Å². The molecule has 2 aromatic rings. The van der Waals surface area contributed by atoms with Gasteiger partial charge in [0, 0.05) is 38.6 Å². The van der Waals surface area contributed by atoms with Gasteiger partial charge in [-0.25, -0.2) is 8.42 Å². The standard InChI is InChI=1S/C17H21N3O4S2/c1-2-20-14-6-5-13(11-15(14)25-17(20)22)26(23,24)19-9-7-18(8-10-19)16(21)12-3-4-12/h5-6,11-12H,2-4,7-10H2,1H3. The molecule has 1 aliphatic carbocycles. The third-order valence-electron chi connectivity index (χ3n) is 5.07. The average molecular weight is 396 g/mol. The summed E-state index contributed by atoms with van der Waals surface area (Å²) in [4.78, 5) is 26.0. The zero-order valence-corrected chi connectivity index (χ0v) is 16.2. The summed E-state index contributed by atoms with van der Waals surface area (Å²) in [6.45, 7) is 3.95. The molecule has 0 unspecified atom stereocenters. The molecule has 0 atom stereocenters. The highest BCUT2D eigenvalue weighted by Crippen LogP contribution is 2.31. The molecule has 0 bridgehead atoms. The lowest BCUT2D eigenvalue weighted by Gasteiger charge is -2.34. The van der Waals surface area contributed by atoms with Crippen LogP contribution in [0.1, 0.15) is 19.8 Å². The van der Waals surface area contributed by atoms with Crippen molar-refractivity contribution >= 4 is 37.5 Å². The molecule has 2 aliphatic rings. The van der Waals surface area contributed by atoms with Crippen LogP contribution in [0.5, 0.6) is 0 Å². The molecule has 4 rings (SSSR count). The Morgan fingerprint density at radius 2 is 1.88 bits per heavy atom. The first kappa shape index (κ1) is 17.7. The van der Waals surface area contributed by atoms with E-state index in [0.29, 0.717) is 37.4 Å². The van der Waals surface area contributed by atoms with Gasteiger partial charge in [0.15, 0.2) is 0 Å². The number of aryl methyl sites for hydroxylation is 1. The molecule has 140 valence electrons. The number of sulfonamides is 1. The van der Waals surface area contributed by atoms with E-state index in [0.717, 1.165) is 29.7 Å². The summed E-state index contributed by atoms with van der Waals surface area (Å²) in [6.07, 6.45) is 1.91. The molecule has 1 saturated carbocycles. The highest BCUT2D eigenvalue weighted by atomic mass is 32.2. The molecule has 1 aromatic carbocycles. The molecule has 0 spiro atoms. The summed E-state index contributed by atoms with van der Waals surface area (Å²) in [6, 6.07) is 4.86. The van der Waals surface area contributed by atoms with Crippen molar-refractivity contribution in [3.05, 3.63) is 27.9 Å². The summed E-state index contributed by atoms with van der Waals surface area (Å²) in [5.74, 6) is 0.320. The number of amides is 1. The SMILES string of the molecule is CCn1c(=O)sc2cc(S(=O)(=O)N3CCN(C(=O)C4CC4)CC3)ccc21. The van der Waals surface area contributed by atoms with Crippen LogP contribution >= 0.6 is 11.3 Å². The summed E-state index contributed by atoms with van der Waals surface area (Å²) >= 11 is 1.07. The molecular formula is C17H21N3O4S2. The third-order valence-corrected chi connectivity index (χ3v) is 7.91. The second-order valence-electron chi connectivity index (χ2n) is 6.75. The lowest BCUT2D eigenvalue weighted by atomic mass is 10.3.